The van der Waals surface area contributed by atoms with Crippen molar-refractivity contribution >= 4 is 5.69 Å². The molecule has 0 aliphatic heterocycles. The molecule has 1 fully saturated rings. The average molecular weight is 264 g/mol. The Kier molecular flexibility index (Phi) is 4.50. The minimum absolute atomic E-state index is 0.130. The molecule has 0 radical (unpaired) electrons. The van der Waals surface area contributed by atoms with Crippen LogP contribution in [0.3, 0.4) is 0 Å². The molecule has 0 bridgehead atoms. The van der Waals surface area contributed by atoms with Gasteiger partial charge < -0.3 is 10.4 Å². The molecule has 0 saturated heterocycles. The van der Waals surface area contributed by atoms with Crippen LogP contribution < -0.4 is 5.32 Å². The maximum absolute atomic E-state index is 10.9. The smallest absolute Gasteiger partial charge is 0.273 e. The minimum atomic E-state index is -0.637. The molecular weight excluding hydrogens is 244 g/mol. The predicted octanol–water partition coefficient (Wildman–Crippen LogP) is 2.38. The summed E-state index contributed by atoms with van der Waals surface area (Å²) in [5, 5.41) is 24.4. The van der Waals surface area contributed by atoms with E-state index in [1.807, 2.05) is 0 Å². The Balaban J connectivity index is 1.90. The molecule has 0 amide bonds. The molecule has 0 atom stereocenters. The van der Waals surface area contributed by atoms with Crippen LogP contribution in [0, 0.1) is 10.1 Å². The van der Waals surface area contributed by atoms with Crippen molar-refractivity contribution in [1.29, 1.82) is 0 Å². The van der Waals surface area contributed by atoms with Gasteiger partial charge in [0.05, 0.1) is 10.5 Å². The van der Waals surface area contributed by atoms with E-state index in [9.17, 15) is 15.2 Å². The number of hydrogen-bond donors (Lipinski definition) is 2. The Bertz CT molecular complexity index is 442. The highest BCUT2D eigenvalue weighted by atomic mass is 16.6. The van der Waals surface area contributed by atoms with Crippen LogP contribution in [-0.4, -0.2) is 22.2 Å². The first-order valence-corrected chi connectivity index (χ1v) is 6.76. The van der Waals surface area contributed by atoms with Gasteiger partial charge in [0, 0.05) is 24.7 Å². The Morgan fingerprint density at radius 1 is 1.26 bits per heavy atom. The summed E-state index contributed by atoms with van der Waals surface area (Å²) < 4.78 is 0. The fourth-order valence-electron chi connectivity index (χ4n) is 2.65. The van der Waals surface area contributed by atoms with E-state index < -0.39 is 5.60 Å². The van der Waals surface area contributed by atoms with Crippen molar-refractivity contribution in [3.8, 4) is 0 Å². The number of benzene rings is 1. The van der Waals surface area contributed by atoms with Crippen molar-refractivity contribution in [2.24, 2.45) is 0 Å². The molecule has 1 saturated carbocycles. The van der Waals surface area contributed by atoms with Crippen LogP contribution in [0.5, 0.6) is 0 Å². The zero-order chi connectivity index (χ0) is 13.7. The number of para-hydroxylation sites is 1. The predicted molar refractivity (Wildman–Crippen MR) is 72.8 cm³/mol. The lowest BCUT2D eigenvalue weighted by Crippen LogP contribution is -2.41. The highest BCUT2D eigenvalue weighted by Gasteiger charge is 2.28. The second-order valence-electron chi connectivity index (χ2n) is 5.27. The molecule has 19 heavy (non-hydrogen) atoms. The summed E-state index contributed by atoms with van der Waals surface area (Å²) in [7, 11) is 0. The van der Waals surface area contributed by atoms with Crippen molar-refractivity contribution in [2.45, 2.75) is 44.2 Å². The fraction of sp³-hybridized carbons (Fsp3) is 0.571. The Labute approximate surface area is 112 Å². The van der Waals surface area contributed by atoms with Crippen molar-refractivity contribution in [1.82, 2.24) is 5.32 Å². The van der Waals surface area contributed by atoms with E-state index in [1.54, 1.807) is 18.2 Å². The summed E-state index contributed by atoms with van der Waals surface area (Å²) in [6, 6.07) is 6.71. The van der Waals surface area contributed by atoms with Gasteiger partial charge in [0.15, 0.2) is 0 Å². The van der Waals surface area contributed by atoms with Crippen molar-refractivity contribution < 1.29 is 10.0 Å². The normalized spacial score (nSPS) is 18.2. The molecule has 1 aliphatic rings. The topological polar surface area (TPSA) is 75.4 Å². The van der Waals surface area contributed by atoms with Crippen LogP contribution in [0.4, 0.5) is 5.69 Å². The largest absolute Gasteiger partial charge is 0.389 e. The van der Waals surface area contributed by atoms with Gasteiger partial charge in [-0.25, -0.2) is 0 Å². The quantitative estimate of drug-likeness (QED) is 0.632. The highest BCUT2D eigenvalue weighted by molar-refractivity contribution is 5.39. The van der Waals surface area contributed by atoms with Gasteiger partial charge in [0.1, 0.15) is 0 Å². The van der Waals surface area contributed by atoms with Crippen LogP contribution in [0.15, 0.2) is 24.3 Å². The van der Waals surface area contributed by atoms with Gasteiger partial charge in [0.2, 0.25) is 0 Å². The molecule has 2 rings (SSSR count). The number of nitrogens with zero attached hydrogens (tertiary/aromatic N) is 1. The summed E-state index contributed by atoms with van der Waals surface area (Å²) in [6.45, 7) is 0.915. The third-order valence-electron chi connectivity index (χ3n) is 3.74. The Morgan fingerprint density at radius 2 is 1.95 bits per heavy atom. The standard InChI is InChI=1S/C14H20N2O3/c17-14(8-4-1-5-9-14)11-15-10-12-6-2-3-7-13(12)16(18)19/h2-3,6-7,15,17H,1,4-5,8-11H2. The molecule has 0 aromatic heterocycles. The molecule has 5 nitrogen and oxygen atoms in total. The first kappa shape index (κ1) is 14.0. The third kappa shape index (κ3) is 3.75. The van der Waals surface area contributed by atoms with Crippen molar-refractivity contribution in [2.75, 3.05) is 6.54 Å². The van der Waals surface area contributed by atoms with E-state index in [0.717, 1.165) is 25.7 Å². The summed E-state index contributed by atoms with van der Waals surface area (Å²) in [4.78, 5) is 10.5. The first-order chi connectivity index (χ1) is 9.11. The van der Waals surface area contributed by atoms with Gasteiger partial charge in [-0.2, -0.15) is 0 Å². The molecule has 2 N–H and O–H groups in total. The molecule has 5 heteroatoms. The molecule has 0 heterocycles. The molecule has 1 aromatic carbocycles. The number of rotatable bonds is 5. The lowest BCUT2D eigenvalue weighted by atomic mass is 9.85. The maximum Gasteiger partial charge on any atom is 0.273 e. The Morgan fingerprint density at radius 3 is 2.63 bits per heavy atom. The third-order valence-corrected chi connectivity index (χ3v) is 3.74. The summed E-state index contributed by atoms with van der Waals surface area (Å²) >= 11 is 0. The average Bonchev–Trinajstić information content (AvgIpc) is 2.40. The van der Waals surface area contributed by atoms with Gasteiger partial charge >= 0.3 is 0 Å². The van der Waals surface area contributed by atoms with Gasteiger partial charge in [-0.05, 0) is 12.8 Å². The fourth-order valence-corrected chi connectivity index (χ4v) is 2.65. The van der Waals surface area contributed by atoms with Crippen molar-refractivity contribution in [3.63, 3.8) is 0 Å². The SMILES string of the molecule is O=[N+]([O-])c1ccccc1CNCC1(O)CCCCC1. The van der Waals surface area contributed by atoms with E-state index in [-0.39, 0.29) is 10.6 Å². The van der Waals surface area contributed by atoms with Crippen LogP contribution in [-0.2, 0) is 6.54 Å². The second kappa shape index (κ2) is 6.12. The number of nitro benzene ring substituents is 1. The molecule has 1 aromatic rings. The molecule has 1 aliphatic carbocycles. The number of aliphatic hydroxyl groups is 1. The molecule has 0 spiro atoms. The van der Waals surface area contributed by atoms with E-state index in [1.165, 1.54) is 12.5 Å². The monoisotopic (exact) mass is 264 g/mol. The molecule has 104 valence electrons. The van der Waals surface area contributed by atoms with Crippen LogP contribution >= 0.6 is 0 Å². The number of nitro groups is 1. The second-order valence-corrected chi connectivity index (χ2v) is 5.27. The lowest BCUT2D eigenvalue weighted by molar-refractivity contribution is -0.385. The molecular formula is C14H20N2O3. The summed E-state index contributed by atoms with van der Waals surface area (Å²) in [5.74, 6) is 0. The maximum atomic E-state index is 10.9. The van der Waals surface area contributed by atoms with E-state index in [0.29, 0.717) is 18.7 Å². The zero-order valence-corrected chi connectivity index (χ0v) is 11.0. The minimum Gasteiger partial charge on any atom is -0.389 e. The van der Waals surface area contributed by atoms with E-state index in [2.05, 4.69) is 5.32 Å². The van der Waals surface area contributed by atoms with Crippen molar-refractivity contribution in [3.05, 3.63) is 39.9 Å². The zero-order valence-electron chi connectivity index (χ0n) is 11.0. The van der Waals surface area contributed by atoms with Gasteiger partial charge in [-0.15, -0.1) is 0 Å². The molecule has 0 unspecified atom stereocenters. The number of nitrogens with one attached hydrogen (secondary N) is 1. The van der Waals surface area contributed by atoms with Gasteiger partial charge in [-0.3, -0.25) is 10.1 Å². The number of hydrogen-bond acceptors (Lipinski definition) is 4. The lowest BCUT2D eigenvalue weighted by Gasteiger charge is -2.32. The van der Waals surface area contributed by atoms with Gasteiger partial charge in [-0.1, -0.05) is 37.5 Å². The summed E-state index contributed by atoms with van der Waals surface area (Å²) in [5.41, 5.74) is 0.152. The van der Waals surface area contributed by atoms with Crippen LogP contribution in [0.25, 0.3) is 0 Å². The van der Waals surface area contributed by atoms with E-state index in [4.69, 9.17) is 0 Å². The van der Waals surface area contributed by atoms with Crippen LogP contribution in [0.2, 0.25) is 0 Å². The Hall–Kier alpha value is -1.46. The first-order valence-electron chi connectivity index (χ1n) is 6.76. The van der Waals surface area contributed by atoms with E-state index >= 15 is 0 Å². The summed E-state index contributed by atoms with van der Waals surface area (Å²) in [6.07, 6.45) is 4.94. The van der Waals surface area contributed by atoms with Crippen LogP contribution in [0.1, 0.15) is 37.7 Å². The van der Waals surface area contributed by atoms with Gasteiger partial charge in [0.25, 0.3) is 5.69 Å². The highest BCUT2D eigenvalue weighted by Crippen LogP contribution is 2.27.